The average molecular weight is 756 g/mol. The molecule has 17 nitrogen and oxygen atoms in total. The molecule has 0 radical (unpaired) electrons. The molecule has 17 heteroatoms. The summed E-state index contributed by atoms with van der Waals surface area (Å²) in [5.74, 6) is -6.96. The minimum absolute atomic E-state index is 0.00327. The van der Waals surface area contributed by atoms with Crippen LogP contribution >= 0.6 is 0 Å². The van der Waals surface area contributed by atoms with Gasteiger partial charge in [-0.25, -0.2) is 0 Å². The SMILES string of the molecule is CC(C)C[C@H](NC(=O)[C@H](CC(C)C)NC(=O)[C@H](CC(C)C)NC(=O)[C@@H](N)C(C)C)C(=O)N[C@@H](CC(=O)O)C(=O)N[C@H](C(=O)N[C@H](C=O)[C@@H](C)O)C(C)C. The first kappa shape index (κ1) is 48.9. The lowest BCUT2D eigenvalue weighted by atomic mass is 9.98. The molecule has 0 aromatic rings. The van der Waals surface area contributed by atoms with Crippen molar-refractivity contribution in [2.24, 2.45) is 35.3 Å². The summed E-state index contributed by atoms with van der Waals surface area (Å²) in [6, 6.07) is -8.45. The van der Waals surface area contributed by atoms with E-state index in [-0.39, 0.29) is 42.9 Å². The summed E-state index contributed by atoms with van der Waals surface area (Å²) in [4.78, 5) is 103. The Morgan fingerprint density at radius 1 is 0.528 bits per heavy atom. The molecule has 6 amide bonds. The van der Waals surface area contributed by atoms with Gasteiger partial charge < -0.3 is 52.6 Å². The molecule has 0 saturated heterocycles. The Balaban J connectivity index is 6.28. The Kier molecular flexibility index (Phi) is 21.7. The highest BCUT2D eigenvalue weighted by atomic mass is 16.4. The molecule has 0 spiro atoms. The third kappa shape index (κ3) is 18.5. The van der Waals surface area contributed by atoms with Crippen LogP contribution in [0.15, 0.2) is 0 Å². The van der Waals surface area contributed by atoms with Crippen molar-refractivity contribution in [2.45, 2.75) is 150 Å². The van der Waals surface area contributed by atoms with Gasteiger partial charge in [0.2, 0.25) is 35.4 Å². The van der Waals surface area contributed by atoms with Gasteiger partial charge in [0.05, 0.1) is 18.6 Å². The first-order chi connectivity index (χ1) is 24.4. The molecule has 0 rings (SSSR count). The fourth-order valence-corrected chi connectivity index (χ4v) is 5.19. The number of aldehydes is 1. The van der Waals surface area contributed by atoms with E-state index in [1.807, 2.05) is 27.7 Å². The molecule has 0 aromatic heterocycles. The zero-order chi connectivity index (χ0) is 41.3. The minimum Gasteiger partial charge on any atom is -0.481 e. The standard InChI is InChI=1S/C36H65N7O10/c1-17(2)12-23(39-33(50)25(14-19(5)6)41-35(52)29(37)20(7)8)31(48)38-24(13-18(3)4)32(49)40-26(15-28(46)47)34(51)43-30(21(9)10)36(53)42-27(16-44)22(11)45/h16-27,29-30,45H,12-15,37H2,1-11H3,(H,38,48)(H,39,50)(H,40,49)(H,41,52)(H,42,53)(H,43,51)(H,46,47)/t22-,23+,24+,25+,26+,27-,29+,30+/m1/s1. The lowest BCUT2D eigenvalue weighted by molar-refractivity contribution is -0.141. The molecular weight excluding hydrogens is 690 g/mol. The predicted octanol–water partition coefficient (Wildman–Crippen LogP) is -0.273. The molecular formula is C36H65N7O10. The third-order valence-corrected chi connectivity index (χ3v) is 8.28. The van der Waals surface area contributed by atoms with Crippen LogP contribution in [0, 0.1) is 29.6 Å². The Morgan fingerprint density at radius 2 is 0.887 bits per heavy atom. The van der Waals surface area contributed by atoms with E-state index in [4.69, 9.17) is 5.73 Å². The maximum Gasteiger partial charge on any atom is 0.305 e. The second kappa shape index (κ2) is 23.5. The molecule has 0 aliphatic carbocycles. The van der Waals surface area contributed by atoms with E-state index in [0.717, 1.165) is 0 Å². The van der Waals surface area contributed by atoms with Crippen molar-refractivity contribution in [3.05, 3.63) is 0 Å². The summed E-state index contributed by atoms with van der Waals surface area (Å²) in [6.45, 7) is 19.0. The van der Waals surface area contributed by atoms with Crippen LogP contribution in [-0.2, 0) is 38.4 Å². The largest absolute Gasteiger partial charge is 0.481 e. The van der Waals surface area contributed by atoms with Crippen molar-refractivity contribution in [1.82, 2.24) is 31.9 Å². The smallest absolute Gasteiger partial charge is 0.305 e. The highest BCUT2D eigenvalue weighted by Gasteiger charge is 2.35. The van der Waals surface area contributed by atoms with Crippen molar-refractivity contribution < 1.29 is 48.6 Å². The van der Waals surface area contributed by atoms with E-state index >= 15 is 0 Å². The second-order valence-electron chi connectivity index (χ2n) is 15.6. The van der Waals surface area contributed by atoms with Gasteiger partial charge >= 0.3 is 5.97 Å². The van der Waals surface area contributed by atoms with Gasteiger partial charge in [0.1, 0.15) is 42.5 Å². The number of nitrogens with one attached hydrogen (secondary N) is 6. The van der Waals surface area contributed by atoms with E-state index in [2.05, 4.69) is 31.9 Å². The third-order valence-electron chi connectivity index (χ3n) is 8.28. The number of carbonyl (C=O) groups is 8. The molecule has 0 aliphatic rings. The van der Waals surface area contributed by atoms with E-state index in [1.54, 1.807) is 41.5 Å². The number of aliphatic carboxylic acids is 1. The van der Waals surface area contributed by atoms with Crippen molar-refractivity contribution >= 4 is 47.7 Å². The van der Waals surface area contributed by atoms with Crippen molar-refractivity contribution in [2.75, 3.05) is 0 Å². The lowest BCUT2D eigenvalue weighted by Gasteiger charge is -2.29. The first-order valence-corrected chi connectivity index (χ1v) is 18.3. The molecule has 8 atom stereocenters. The monoisotopic (exact) mass is 755 g/mol. The molecule has 53 heavy (non-hydrogen) atoms. The molecule has 0 unspecified atom stereocenters. The van der Waals surface area contributed by atoms with Gasteiger partial charge in [-0.2, -0.15) is 0 Å². The second-order valence-corrected chi connectivity index (χ2v) is 15.6. The molecule has 0 aliphatic heterocycles. The number of aliphatic hydroxyl groups excluding tert-OH is 1. The Bertz CT molecular complexity index is 1250. The van der Waals surface area contributed by atoms with Gasteiger partial charge in [0.15, 0.2) is 0 Å². The summed E-state index contributed by atoms with van der Waals surface area (Å²) in [6.07, 6.45) is -1.25. The van der Waals surface area contributed by atoms with Crippen LogP contribution in [0.3, 0.4) is 0 Å². The number of amides is 6. The molecule has 0 bridgehead atoms. The Hall–Kier alpha value is -4.12. The van der Waals surface area contributed by atoms with Gasteiger partial charge in [-0.15, -0.1) is 0 Å². The van der Waals surface area contributed by atoms with Crippen LogP contribution in [-0.4, -0.2) is 106 Å². The number of carboxylic acid groups (broad SMARTS) is 1. The van der Waals surface area contributed by atoms with E-state index in [1.165, 1.54) is 6.92 Å². The molecule has 304 valence electrons. The van der Waals surface area contributed by atoms with E-state index < -0.39 is 102 Å². The van der Waals surface area contributed by atoms with Gasteiger partial charge in [0.25, 0.3) is 0 Å². The van der Waals surface area contributed by atoms with Crippen molar-refractivity contribution in [3.8, 4) is 0 Å². The predicted molar refractivity (Wildman–Crippen MR) is 198 cm³/mol. The fourth-order valence-electron chi connectivity index (χ4n) is 5.19. The zero-order valence-electron chi connectivity index (χ0n) is 33.1. The number of aliphatic hydroxyl groups is 1. The highest BCUT2D eigenvalue weighted by molar-refractivity contribution is 5.97. The van der Waals surface area contributed by atoms with Crippen LogP contribution in [0.1, 0.15) is 102 Å². The summed E-state index contributed by atoms with van der Waals surface area (Å²) in [5.41, 5.74) is 6.00. The lowest BCUT2D eigenvalue weighted by Crippen LogP contribution is -2.61. The minimum atomic E-state index is -1.68. The number of hydrogen-bond donors (Lipinski definition) is 9. The van der Waals surface area contributed by atoms with Crippen LogP contribution in [0.2, 0.25) is 0 Å². The van der Waals surface area contributed by atoms with Crippen molar-refractivity contribution in [1.29, 1.82) is 0 Å². The molecule has 10 N–H and O–H groups in total. The quantitative estimate of drug-likeness (QED) is 0.0579. The Morgan fingerprint density at radius 3 is 1.19 bits per heavy atom. The normalized spacial score (nSPS) is 16.1. The van der Waals surface area contributed by atoms with E-state index in [0.29, 0.717) is 6.29 Å². The van der Waals surface area contributed by atoms with Crippen LogP contribution < -0.4 is 37.6 Å². The highest BCUT2D eigenvalue weighted by Crippen LogP contribution is 2.13. The maximum atomic E-state index is 13.8. The molecule has 0 saturated carbocycles. The van der Waals surface area contributed by atoms with Crippen molar-refractivity contribution in [3.63, 3.8) is 0 Å². The summed E-state index contributed by atoms with van der Waals surface area (Å²) in [7, 11) is 0. The number of nitrogens with two attached hydrogens (primary N) is 1. The summed E-state index contributed by atoms with van der Waals surface area (Å²) < 4.78 is 0. The number of rotatable bonds is 24. The van der Waals surface area contributed by atoms with Gasteiger partial charge in [0, 0.05) is 0 Å². The fraction of sp³-hybridized carbons (Fsp3) is 0.778. The zero-order valence-corrected chi connectivity index (χ0v) is 33.1. The van der Waals surface area contributed by atoms with Gasteiger partial charge in [-0.3, -0.25) is 33.6 Å². The van der Waals surface area contributed by atoms with Crippen LogP contribution in [0.5, 0.6) is 0 Å². The average Bonchev–Trinajstić information content (AvgIpc) is 3.02. The first-order valence-electron chi connectivity index (χ1n) is 18.3. The molecule has 0 fully saturated rings. The summed E-state index contributed by atoms with van der Waals surface area (Å²) >= 11 is 0. The van der Waals surface area contributed by atoms with Gasteiger partial charge in [-0.05, 0) is 55.8 Å². The number of carbonyl (C=O) groups excluding carboxylic acids is 7. The van der Waals surface area contributed by atoms with Crippen LogP contribution in [0.4, 0.5) is 0 Å². The number of hydrogen-bond acceptors (Lipinski definition) is 10. The number of carboxylic acids is 1. The van der Waals surface area contributed by atoms with Gasteiger partial charge in [-0.1, -0.05) is 69.2 Å². The Labute approximate surface area is 313 Å². The maximum absolute atomic E-state index is 13.8. The van der Waals surface area contributed by atoms with Crippen LogP contribution in [0.25, 0.3) is 0 Å². The summed E-state index contributed by atoms with van der Waals surface area (Å²) in [5, 5.41) is 34.5. The van der Waals surface area contributed by atoms with E-state index in [9.17, 15) is 48.6 Å². The topological polar surface area (TPSA) is 275 Å². The molecule has 0 heterocycles. The molecule has 0 aromatic carbocycles.